The van der Waals surface area contributed by atoms with Crippen molar-refractivity contribution in [1.82, 2.24) is 25.0 Å². The molecule has 0 aliphatic heterocycles. The van der Waals surface area contributed by atoms with Crippen molar-refractivity contribution in [2.24, 2.45) is 0 Å². The second kappa shape index (κ2) is 8.28. The lowest BCUT2D eigenvalue weighted by Crippen LogP contribution is -2.14. The smallest absolute Gasteiger partial charge is 0.236 e. The van der Waals surface area contributed by atoms with Gasteiger partial charge in [-0.05, 0) is 19.4 Å². The molecule has 0 aliphatic carbocycles. The molecule has 0 aliphatic rings. The predicted molar refractivity (Wildman–Crippen MR) is 101 cm³/mol. The summed E-state index contributed by atoms with van der Waals surface area (Å²) in [5.41, 5.74) is 0.872. The molecule has 0 saturated heterocycles. The van der Waals surface area contributed by atoms with Crippen molar-refractivity contribution in [3.8, 4) is 11.4 Å². The van der Waals surface area contributed by atoms with Crippen LogP contribution in [0.25, 0.3) is 11.4 Å². The Morgan fingerprint density at radius 1 is 1.42 bits per heavy atom. The van der Waals surface area contributed by atoms with E-state index in [0.717, 1.165) is 22.8 Å². The Labute approximate surface area is 158 Å². The van der Waals surface area contributed by atoms with Crippen LogP contribution >= 0.6 is 23.1 Å². The third-order valence-corrected chi connectivity index (χ3v) is 5.43. The second-order valence-electron chi connectivity index (χ2n) is 5.29. The molecule has 0 saturated carbocycles. The highest BCUT2D eigenvalue weighted by Crippen LogP contribution is 2.27. The van der Waals surface area contributed by atoms with Gasteiger partial charge in [0.1, 0.15) is 10.8 Å². The number of amides is 1. The summed E-state index contributed by atoms with van der Waals surface area (Å²) >= 11 is 2.68. The lowest BCUT2D eigenvalue weighted by Gasteiger charge is -2.07. The first-order chi connectivity index (χ1) is 12.6. The number of thioether (sulfide) groups is 1. The molecule has 8 nitrogen and oxygen atoms in total. The molecule has 0 atom stereocenters. The zero-order chi connectivity index (χ0) is 18.5. The van der Waals surface area contributed by atoms with E-state index in [4.69, 9.17) is 4.42 Å². The van der Waals surface area contributed by atoms with Gasteiger partial charge in [-0.1, -0.05) is 36.1 Å². The van der Waals surface area contributed by atoms with Gasteiger partial charge in [-0.2, -0.15) is 0 Å². The largest absolute Gasteiger partial charge is 0.469 e. The molecule has 0 unspecified atom stereocenters. The van der Waals surface area contributed by atoms with E-state index >= 15 is 0 Å². The zero-order valence-electron chi connectivity index (χ0n) is 14.4. The molecule has 1 amide bonds. The first-order valence-electron chi connectivity index (χ1n) is 7.96. The Morgan fingerprint density at radius 2 is 2.27 bits per heavy atom. The summed E-state index contributed by atoms with van der Waals surface area (Å²) in [5, 5.41) is 21.2. The Bertz CT molecular complexity index is 914. The van der Waals surface area contributed by atoms with Gasteiger partial charge in [0.15, 0.2) is 11.0 Å². The van der Waals surface area contributed by atoms with Crippen LogP contribution in [0.15, 0.2) is 34.6 Å². The number of carbonyl (C=O) groups excluding carboxylic acids is 1. The molecular weight excluding hydrogens is 372 g/mol. The van der Waals surface area contributed by atoms with E-state index < -0.39 is 0 Å². The van der Waals surface area contributed by atoms with E-state index in [9.17, 15) is 4.79 Å². The molecule has 0 spiro atoms. The number of furan rings is 1. The average Bonchev–Trinajstić information content (AvgIpc) is 3.34. The SMILES string of the molecule is C=CCn1c(SCC(=O)Nc2nnc(CC)s2)nnc1-c1ccoc1C. The molecule has 3 rings (SSSR count). The molecule has 0 bridgehead atoms. The summed E-state index contributed by atoms with van der Waals surface area (Å²) in [5.74, 6) is 1.49. The fourth-order valence-electron chi connectivity index (χ4n) is 2.24. The molecule has 3 heterocycles. The van der Waals surface area contributed by atoms with Crippen LogP contribution in [0.4, 0.5) is 5.13 Å². The minimum Gasteiger partial charge on any atom is -0.469 e. The van der Waals surface area contributed by atoms with Crippen molar-refractivity contribution in [1.29, 1.82) is 0 Å². The fraction of sp³-hybridized carbons (Fsp3) is 0.312. The second-order valence-corrected chi connectivity index (χ2v) is 7.29. The highest BCUT2D eigenvalue weighted by Gasteiger charge is 2.18. The molecule has 0 radical (unpaired) electrons. The number of hydrogen-bond donors (Lipinski definition) is 1. The number of allylic oxidation sites excluding steroid dienone is 1. The average molecular weight is 390 g/mol. The molecule has 136 valence electrons. The molecular formula is C16H18N6O2S2. The van der Waals surface area contributed by atoms with Gasteiger partial charge in [-0.15, -0.1) is 27.0 Å². The van der Waals surface area contributed by atoms with Crippen LogP contribution in [-0.4, -0.2) is 36.6 Å². The van der Waals surface area contributed by atoms with Crippen LogP contribution in [0.3, 0.4) is 0 Å². The van der Waals surface area contributed by atoms with E-state index in [1.54, 1.807) is 12.3 Å². The maximum atomic E-state index is 12.2. The van der Waals surface area contributed by atoms with Gasteiger partial charge in [-0.3, -0.25) is 14.7 Å². The molecule has 0 fully saturated rings. The topological polar surface area (TPSA) is 98.7 Å². The van der Waals surface area contributed by atoms with Crippen molar-refractivity contribution in [2.45, 2.75) is 32.0 Å². The maximum Gasteiger partial charge on any atom is 0.236 e. The number of aryl methyl sites for hydroxylation is 2. The van der Waals surface area contributed by atoms with Crippen LogP contribution < -0.4 is 5.32 Å². The summed E-state index contributed by atoms with van der Waals surface area (Å²) in [6.45, 7) is 8.18. The van der Waals surface area contributed by atoms with E-state index in [0.29, 0.717) is 22.7 Å². The standard InChI is InChI=1S/C16H18N6O2S2/c1-4-7-22-14(11-6-8-24-10(11)3)19-21-16(22)25-9-12(23)17-15-20-18-13(5-2)26-15/h4,6,8H,1,5,7,9H2,2-3H3,(H,17,20,23). The van der Waals surface area contributed by atoms with Gasteiger partial charge in [-0.25, -0.2) is 0 Å². The van der Waals surface area contributed by atoms with Crippen LogP contribution in [0.1, 0.15) is 17.7 Å². The first-order valence-corrected chi connectivity index (χ1v) is 9.76. The summed E-state index contributed by atoms with van der Waals surface area (Å²) in [6.07, 6.45) is 4.17. The van der Waals surface area contributed by atoms with Gasteiger partial charge in [0.2, 0.25) is 11.0 Å². The highest BCUT2D eigenvalue weighted by molar-refractivity contribution is 7.99. The Morgan fingerprint density at radius 3 is 2.92 bits per heavy atom. The molecule has 0 aromatic carbocycles. The van der Waals surface area contributed by atoms with E-state index in [1.807, 2.05) is 24.5 Å². The van der Waals surface area contributed by atoms with Crippen LogP contribution in [-0.2, 0) is 17.8 Å². The number of rotatable bonds is 8. The molecule has 3 aromatic rings. The third kappa shape index (κ3) is 4.02. The summed E-state index contributed by atoms with van der Waals surface area (Å²) in [6, 6.07) is 1.85. The fourth-order valence-corrected chi connectivity index (χ4v) is 3.68. The minimum atomic E-state index is -0.164. The van der Waals surface area contributed by atoms with E-state index in [1.165, 1.54) is 23.1 Å². The summed E-state index contributed by atoms with van der Waals surface area (Å²) in [4.78, 5) is 12.2. The third-order valence-electron chi connectivity index (χ3n) is 3.48. The van der Waals surface area contributed by atoms with Gasteiger partial charge in [0.25, 0.3) is 0 Å². The van der Waals surface area contributed by atoms with E-state index in [2.05, 4.69) is 32.3 Å². The zero-order valence-corrected chi connectivity index (χ0v) is 16.1. The Kier molecular flexibility index (Phi) is 5.84. The predicted octanol–water partition coefficient (Wildman–Crippen LogP) is 3.18. The van der Waals surface area contributed by atoms with Crippen molar-refractivity contribution < 1.29 is 9.21 Å². The van der Waals surface area contributed by atoms with Gasteiger partial charge < -0.3 is 4.42 Å². The number of nitrogens with one attached hydrogen (secondary N) is 1. The molecule has 3 aromatic heterocycles. The van der Waals surface area contributed by atoms with E-state index in [-0.39, 0.29) is 11.7 Å². The quantitative estimate of drug-likeness (QED) is 0.466. The molecule has 10 heteroatoms. The Hall–Kier alpha value is -2.46. The van der Waals surface area contributed by atoms with Crippen molar-refractivity contribution in [3.05, 3.63) is 35.8 Å². The number of hydrogen-bond acceptors (Lipinski definition) is 8. The maximum absolute atomic E-state index is 12.2. The number of aromatic nitrogens is 5. The molecule has 1 N–H and O–H groups in total. The molecule has 26 heavy (non-hydrogen) atoms. The lowest BCUT2D eigenvalue weighted by molar-refractivity contribution is -0.113. The number of nitrogens with zero attached hydrogens (tertiary/aromatic N) is 5. The minimum absolute atomic E-state index is 0.164. The van der Waals surface area contributed by atoms with Gasteiger partial charge in [0, 0.05) is 6.54 Å². The lowest BCUT2D eigenvalue weighted by atomic mass is 10.2. The Balaban J connectivity index is 1.69. The highest BCUT2D eigenvalue weighted by atomic mass is 32.2. The normalized spacial score (nSPS) is 10.8. The van der Waals surface area contributed by atoms with Crippen LogP contribution in [0, 0.1) is 6.92 Å². The van der Waals surface area contributed by atoms with Crippen LogP contribution in [0.5, 0.6) is 0 Å². The van der Waals surface area contributed by atoms with Crippen molar-refractivity contribution >= 4 is 34.1 Å². The van der Waals surface area contributed by atoms with Crippen LogP contribution in [0.2, 0.25) is 0 Å². The summed E-state index contributed by atoms with van der Waals surface area (Å²) in [7, 11) is 0. The van der Waals surface area contributed by atoms with Gasteiger partial charge >= 0.3 is 0 Å². The van der Waals surface area contributed by atoms with Gasteiger partial charge in [0.05, 0.1) is 17.6 Å². The number of carbonyl (C=O) groups is 1. The van der Waals surface area contributed by atoms with Crippen molar-refractivity contribution in [2.75, 3.05) is 11.1 Å². The first kappa shape index (κ1) is 18.3. The monoisotopic (exact) mass is 390 g/mol. The summed E-state index contributed by atoms with van der Waals surface area (Å²) < 4.78 is 7.25. The number of anilines is 1. The van der Waals surface area contributed by atoms with Crippen molar-refractivity contribution in [3.63, 3.8) is 0 Å².